The van der Waals surface area contributed by atoms with Crippen LogP contribution in [0.4, 0.5) is 0 Å². The number of imide groups is 3. The maximum Gasteiger partial charge on any atom is 1.00 e. The minimum atomic E-state index is -0.707. The van der Waals surface area contributed by atoms with Gasteiger partial charge in [0, 0.05) is 78.7 Å². The number of likely N-dealkylation sites (tertiary alicyclic amines) is 2. The summed E-state index contributed by atoms with van der Waals surface area (Å²) < 4.78 is 8.94. The molecular weight excluding hydrogens is 1200 g/mol. The molecule has 0 bridgehead atoms. The summed E-state index contributed by atoms with van der Waals surface area (Å²) in [4.78, 5) is 135. The van der Waals surface area contributed by atoms with Gasteiger partial charge in [0.05, 0.1) is 33.1 Å². The molecule has 12 rings (SSSR count). The van der Waals surface area contributed by atoms with Crippen LogP contribution in [0.2, 0.25) is 0 Å². The topological polar surface area (TPSA) is 312 Å². The number of benzene rings is 3. The van der Waals surface area contributed by atoms with Crippen LogP contribution in [0.15, 0.2) is 69.0 Å². The molecule has 0 radical (unpaired) electrons. The zero-order valence-electron chi connectivity index (χ0n) is 51.9. The van der Waals surface area contributed by atoms with E-state index in [1.165, 1.54) is 31.1 Å². The number of aliphatic hydroxyl groups excluding tert-OH is 2. The molecule has 3 unspecified atom stereocenters. The van der Waals surface area contributed by atoms with Crippen LogP contribution in [0.5, 0.6) is 0 Å². The first-order valence-electron chi connectivity index (χ1n) is 30.8. The Hall–Kier alpha value is -5.98. The van der Waals surface area contributed by atoms with Crippen molar-refractivity contribution in [3.8, 4) is 0 Å². The number of nitrogens with zero attached hydrogens (tertiary/aromatic N) is 8. The van der Waals surface area contributed by atoms with Crippen LogP contribution >= 0.6 is 0 Å². The summed E-state index contributed by atoms with van der Waals surface area (Å²) in [6.07, 6.45) is 12.7. The minimum absolute atomic E-state index is 0. The Balaban J connectivity index is 0.000000179. The maximum atomic E-state index is 12.8. The molecule has 0 spiro atoms. The summed E-state index contributed by atoms with van der Waals surface area (Å²) in [5, 5.41) is 27.9. The van der Waals surface area contributed by atoms with Gasteiger partial charge in [-0.2, -0.15) is 0 Å². The molecule has 3 aromatic heterocycles. The van der Waals surface area contributed by atoms with Gasteiger partial charge in [-0.05, 0) is 181 Å². The average Bonchev–Trinajstić information content (AvgIpc) is 1.74. The normalized spacial score (nSPS) is 20.5. The molecule has 6 aromatic rings. The molecule has 3 aromatic carbocycles. The Morgan fingerprint density at radius 2 is 0.822 bits per heavy atom. The molecule has 0 saturated carbocycles. The number of hydrogen-bond donors (Lipinski definition) is 6. The zero-order valence-corrected chi connectivity index (χ0v) is 55.9. The van der Waals surface area contributed by atoms with E-state index < -0.39 is 35.8 Å². The first kappa shape index (κ1) is 71.5. The van der Waals surface area contributed by atoms with E-state index in [4.69, 9.17) is 10.2 Å². The number of imidazole rings is 3. The third kappa shape index (κ3) is 16.8. The second-order valence-corrected chi connectivity index (χ2v) is 24.1. The number of piperidine rings is 6. The molecule has 6 aliphatic heterocycles. The quantitative estimate of drug-likeness (QED) is 0.0257. The van der Waals surface area contributed by atoms with E-state index in [-0.39, 0.29) is 126 Å². The molecule has 6 amide bonds. The molecule has 6 saturated heterocycles. The van der Waals surface area contributed by atoms with Crippen LogP contribution in [0.3, 0.4) is 0 Å². The number of aldehydes is 2. The van der Waals surface area contributed by atoms with Gasteiger partial charge in [-0.1, -0.05) is 12.1 Å². The summed E-state index contributed by atoms with van der Waals surface area (Å²) in [6, 6.07) is 14.7. The number of hydrogen-bond acceptors (Lipinski definition) is 17. The number of nitrogens with one attached hydrogen (secondary N) is 4. The molecule has 25 nitrogen and oxygen atoms in total. The smallest absolute Gasteiger partial charge is 0.813 e. The van der Waals surface area contributed by atoms with Crippen molar-refractivity contribution in [3.05, 3.63) is 103 Å². The number of rotatable bonds is 14. The van der Waals surface area contributed by atoms with Crippen molar-refractivity contribution in [2.75, 3.05) is 52.5 Å². The number of thiol groups is 1. The molecular formula is C63H83KN12O13S. The van der Waals surface area contributed by atoms with Crippen molar-refractivity contribution in [3.63, 3.8) is 0 Å². The van der Waals surface area contributed by atoms with Gasteiger partial charge in [0.25, 0.3) is 0 Å². The third-order valence-corrected chi connectivity index (χ3v) is 18.3. The van der Waals surface area contributed by atoms with Crippen molar-refractivity contribution in [2.45, 2.75) is 128 Å². The van der Waals surface area contributed by atoms with Crippen LogP contribution in [0, 0.1) is 17.8 Å². The van der Waals surface area contributed by atoms with Crippen molar-refractivity contribution in [1.29, 1.82) is 0 Å². The Morgan fingerprint density at radius 1 is 0.467 bits per heavy atom. The average molecular weight is 1290 g/mol. The maximum absolute atomic E-state index is 12.8. The van der Waals surface area contributed by atoms with E-state index in [0.29, 0.717) is 72.5 Å². The summed E-state index contributed by atoms with van der Waals surface area (Å²) in [5.41, 5.74) is 6.03. The van der Waals surface area contributed by atoms with Crippen LogP contribution in [0.1, 0.15) is 136 Å². The van der Waals surface area contributed by atoms with Crippen molar-refractivity contribution < 1.29 is 100.0 Å². The van der Waals surface area contributed by atoms with Crippen LogP contribution in [0.25, 0.3) is 33.1 Å². The van der Waals surface area contributed by atoms with Gasteiger partial charge < -0.3 is 33.8 Å². The summed E-state index contributed by atoms with van der Waals surface area (Å²) in [6.45, 7) is 8.48. The van der Waals surface area contributed by atoms with Gasteiger partial charge in [-0.15, -0.1) is 0 Å². The molecule has 6 aliphatic rings. The molecule has 9 heterocycles. The molecule has 0 aliphatic carbocycles. The first-order chi connectivity index (χ1) is 42.4. The number of carbonyl (C=O) groups excluding carboxylic acids is 8. The first-order valence-corrected chi connectivity index (χ1v) is 30.8. The molecule has 6 N–H and O–H groups in total. The number of fused-ring (bicyclic) bond motifs is 3. The predicted molar refractivity (Wildman–Crippen MR) is 336 cm³/mol. The number of aromatic nitrogens is 6. The van der Waals surface area contributed by atoms with Gasteiger partial charge >= 0.3 is 68.5 Å². The Bertz CT molecular complexity index is 3770. The SMILES string of the molecule is Cn1c(=O)n(C2CCC(=O)NC2=O)c2ccc(C=O)cc21.Cn1c(=O)n(C2CCC(=O)NC2=O)c2ccc(CN3CCC(CC=O)CC3)cc21.Cn1c(=O)n(C2CCC(=O)NC2=O)c2ccc(CN3CCC(CCO)CC3)cc21.OCCC1CCNCC1.[K+].[SH-]. The summed E-state index contributed by atoms with van der Waals surface area (Å²) >= 11 is 0. The largest absolute Gasteiger partial charge is 1.00 e. The van der Waals surface area contributed by atoms with E-state index in [9.17, 15) is 52.7 Å². The Labute approximate surface area is 570 Å². The molecule has 6 fully saturated rings. The van der Waals surface area contributed by atoms with Gasteiger partial charge in [0.2, 0.25) is 35.4 Å². The monoisotopic (exact) mass is 1290 g/mol. The van der Waals surface area contributed by atoms with Crippen LogP contribution in [-0.4, -0.2) is 148 Å². The van der Waals surface area contributed by atoms with E-state index in [1.807, 2.05) is 36.4 Å². The van der Waals surface area contributed by atoms with Crippen LogP contribution in [-0.2, 0) is 81.3 Å². The fraction of sp³-hybridized carbons (Fsp3) is 0.540. The number of aryl methyl sites for hydroxylation is 3. The fourth-order valence-electron chi connectivity index (χ4n) is 13.2. The molecule has 480 valence electrons. The van der Waals surface area contributed by atoms with Crippen LogP contribution < -0.4 is 89.7 Å². The summed E-state index contributed by atoms with van der Waals surface area (Å²) in [5.74, 6) is -0.312. The molecule has 3 atom stereocenters. The standard InChI is InChI=1S/C21H28N4O4.C21H26N4O4.C14H13N3O4.C7H15NO.K.H2S/c2*1-23-18-12-15(13-24-9-6-14(7-10-24)8-11-26)2-3-16(18)25(21(23)29)17-4-5-19(27)22-20(17)28;1-16-11-6-8(7-18)2-3-9(11)17(14(16)21)10-4-5-12(19)15-13(10)20;9-6-3-7-1-4-8-5-2-7;;/h2-3,12,14,17,26H,4-11,13H2,1H3,(H,22,27,28);2-3,11-12,14,17H,4-10,13H2,1H3,(H,22,27,28);2-3,6-7,10H,4-5H2,1H3,(H,15,19,20);7-9H,1-6H2;;1H2/q;;;;+1;/p-1. The van der Waals surface area contributed by atoms with Crippen molar-refractivity contribution in [2.24, 2.45) is 38.9 Å². The fourth-order valence-corrected chi connectivity index (χ4v) is 13.2. The van der Waals surface area contributed by atoms with E-state index in [0.717, 1.165) is 131 Å². The Kier molecular flexibility index (Phi) is 26.2. The number of aliphatic hydroxyl groups is 2. The van der Waals surface area contributed by atoms with Gasteiger partial charge in [-0.25, -0.2) is 14.4 Å². The zero-order chi connectivity index (χ0) is 62.8. The van der Waals surface area contributed by atoms with Crippen molar-refractivity contribution in [1.82, 2.24) is 58.5 Å². The molecule has 27 heteroatoms. The van der Waals surface area contributed by atoms with Gasteiger partial charge in [0.15, 0.2) is 0 Å². The number of carbonyl (C=O) groups is 8. The summed E-state index contributed by atoms with van der Waals surface area (Å²) in [7, 11) is 5.01. The van der Waals surface area contributed by atoms with E-state index in [1.54, 1.807) is 48.5 Å². The predicted octanol–water partition coefficient (Wildman–Crippen LogP) is -0.737. The molecule has 90 heavy (non-hydrogen) atoms. The third-order valence-electron chi connectivity index (χ3n) is 18.3. The Morgan fingerprint density at radius 3 is 1.18 bits per heavy atom. The second-order valence-electron chi connectivity index (χ2n) is 24.1. The minimum Gasteiger partial charge on any atom is -0.813 e. The van der Waals surface area contributed by atoms with Gasteiger partial charge in [-0.3, -0.25) is 86.7 Å². The van der Waals surface area contributed by atoms with Gasteiger partial charge in [0.1, 0.15) is 30.7 Å². The van der Waals surface area contributed by atoms with Crippen molar-refractivity contribution >= 4 is 94.6 Å². The number of amides is 6. The van der Waals surface area contributed by atoms with E-state index in [2.05, 4.69) is 31.1 Å². The second kappa shape index (κ2) is 33.0. The van der Waals surface area contributed by atoms with E-state index >= 15 is 0 Å².